The first-order valence-electron chi connectivity index (χ1n) is 5.24. The van der Waals surface area contributed by atoms with E-state index in [0.29, 0.717) is 23.4 Å². The Morgan fingerprint density at radius 3 is 2.94 bits per heavy atom. The number of halogens is 1. The van der Waals surface area contributed by atoms with Crippen LogP contribution in [-0.2, 0) is 0 Å². The van der Waals surface area contributed by atoms with E-state index in [1.807, 2.05) is 0 Å². The van der Waals surface area contributed by atoms with E-state index < -0.39 is 0 Å². The van der Waals surface area contributed by atoms with E-state index in [2.05, 4.69) is 22.2 Å². The van der Waals surface area contributed by atoms with Gasteiger partial charge in [-0.1, -0.05) is 24.9 Å². The fraction of sp³-hybridized carbons (Fsp3) is 0.600. The minimum atomic E-state index is 0.169. The van der Waals surface area contributed by atoms with Gasteiger partial charge in [-0.25, -0.2) is 4.98 Å². The summed E-state index contributed by atoms with van der Waals surface area (Å²) in [6.07, 6.45) is 3.53. The predicted octanol–water partition coefficient (Wildman–Crippen LogP) is 1.68. The Labute approximate surface area is 100 Å². The Bertz CT molecular complexity index is 335. The van der Waals surface area contributed by atoms with Crippen molar-refractivity contribution in [2.75, 3.05) is 19.0 Å². The van der Waals surface area contributed by atoms with Gasteiger partial charge in [-0.15, -0.1) is 0 Å². The summed E-state index contributed by atoms with van der Waals surface area (Å²) >= 11 is 5.97. The molecule has 6 heteroatoms. The lowest BCUT2D eigenvalue weighted by Crippen LogP contribution is -2.29. The van der Waals surface area contributed by atoms with Gasteiger partial charge in [-0.2, -0.15) is 4.98 Å². The lowest BCUT2D eigenvalue weighted by atomic mass is 10.2. The van der Waals surface area contributed by atoms with E-state index >= 15 is 0 Å². The molecule has 0 radical (unpaired) electrons. The van der Waals surface area contributed by atoms with Gasteiger partial charge in [0.1, 0.15) is 5.02 Å². The Balaban J connectivity index is 2.77. The van der Waals surface area contributed by atoms with Crippen LogP contribution in [0.2, 0.25) is 5.02 Å². The number of nitrogens with two attached hydrogens (primary N) is 1. The van der Waals surface area contributed by atoms with Crippen LogP contribution in [-0.4, -0.2) is 29.7 Å². The molecule has 0 aliphatic rings. The third-order valence-electron chi connectivity index (χ3n) is 2.17. The molecule has 90 valence electrons. The van der Waals surface area contributed by atoms with Gasteiger partial charge in [0.15, 0.2) is 5.82 Å². The second-order valence-corrected chi connectivity index (χ2v) is 3.83. The Kier molecular flexibility index (Phi) is 5.28. The Morgan fingerprint density at radius 2 is 2.38 bits per heavy atom. The monoisotopic (exact) mass is 244 g/mol. The van der Waals surface area contributed by atoms with Crippen LogP contribution in [0, 0.1) is 0 Å². The molecule has 0 spiro atoms. The van der Waals surface area contributed by atoms with Gasteiger partial charge in [0.05, 0.1) is 13.3 Å². The number of aromatic nitrogens is 2. The summed E-state index contributed by atoms with van der Waals surface area (Å²) in [5.74, 6) is 0.567. The van der Waals surface area contributed by atoms with Crippen LogP contribution in [0.4, 0.5) is 5.82 Å². The number of methoxy groups -OCH3 is 1. The molecule has 3 N–H and O–H groups in total. The van der Waals surface area contributed by atoms with E-state index in [9.17, 15) is 0 Å². The average Bonchev–Trinajstić information content (AvgIpc) is 2.31. The van der Waals surface area contributed by atoms with Crippen molar-refractivity contribution in [1.29, 1.82) is 0 Å². The fourth-order valence-electron chi connectivity index (χ4n) is 1.34. The molecule has 1 rings (SSSR count). The van der Waals surface area contributed by atoms with Gasteiger partial charge >= 0.3 is 6.01 Å². The molecule has 1 aromatic heterocycles. The molecule has 16 heavy (non-hydrogen) atoms. The quantitative estimate of drug-likeness (QED) is 0.797. The SMILES string of the molecule is CCCC(CN)Nc1nc(OC)ncc1Cl. The first-order valence-corrected chi connectivity index (χ1v) is 5.62. The molecular weight excluding hydrogens is 228 g/mol. The van der Waals surface area contributed by atoms with Crippen LogP contribution in [0.3, 0.4) is 0 Å². The summed E-state index contributed by atoms with van der Waals surface area (Å²) in [6, 6.07) is 0.460. The van der Waals surface area contributed by atoms with Crippen LogP contribution >= 0.6 is 11.6 Å². The van der Waals surface area contributed by atoms with Crippen molar-refractivity contribution in [3.8, 4) is 6.01 Å². The van der Waals surface area contributed by atoms with Gasteiger partial charge in [-0.3, -0.25) is 0 Å². The molecule has 1 aromatic rings. The predicted molar refractivity (Wildman–Crippen MR) is 65.0 cm³/mol. The number of anilines is 1. The van der Waals surface area contributed by atoms with Gasteiger partial charge in [0.25, 0.3) is 0 Å². The van der Waals surface area contributed by atoms with Crippen molar-refractivity contribution in [3.05, 3.63) is 11.2 Å². The molecule has 1 unspecified atom stereocenters. The molecule has 1 atom stereocenters. The molecule has 0 aliphatic carbocycles. The molecule has 5 nitrogen and oxygen atoms in total. The zero-order chi connectivity index (χ0) is 12.0. The van der Waals surface area contributed by atoms with Crippen molar-refractivity contribution in [3.63, 3.8) is 0 Å². The lowest BCUT2D eigenvalue weighted by Gasteiger charge is -2.17. The average molecular weight is 245 g/mol. The maximum absolute atomic E-state index is 5.97. The third kappa shape index (κ3) is 3.50. The number of hydrogen-bond acceptors (Lipinski definition) is 5. The van der Waals surface area contributed by atoms with Crippen molar-refractivity contribution in [2.24, 2.45) is 5.73 Å². The highest BCUT2D eigenvalue weighted by molar-refractivity contribution is 6.32. The van der Waals surface area contributed by atoms with Gasteiger partial charge < -0.3 is 15.8 Å². The first kappa shape index (κ1) is 13.0. The summed E-state index contributed by atoms with van der Waals surface area (Å²) in [5.41, 5.74) is 5.65. The second kappa shape index (κ2) is 6.50. The Morgan fingerprint density at radius 1 is 1.62 bits per heavy atom. The lowest BCUT2D eigenvalue weighted by molar-refractivity contribution is 0.380. The Hall–Kier alpha value is -1.07. The van der Waals surface area contributed by atoms with E-state index in [-0.39, 0.29) is 6.04 Å². The molecule has 0 aromatic carbocycles. The zero-order valence-electron chi connectivity index (χ0n) is 9.53. The van der Waals surface area contributed by atoms with Crippen molar-refractivity contribution in [1.82, 2.24) is 9.97 Å². The zero-order valence-corrected chi connectivity index (χ0v) is 10.3. The van der Waals surface area contributed by atoms with Crippen LogP contribution in [0.15, 0.2) is 6.20 Å². The smallest absolute Gasteiger partial charge is 0.318 e. The summed E-state index contributed by atoms with van der Waals surface area (Å²) in [7, 11) is 1.51. The summed E-state index contributed by atoms with van der Waals surface area (Å²) in [6.45, 7) is 2.64. The third-order valence-corrected chi connectivity index (χ3v) is 2.44. The molecule has 0 aliphatic heterocycles. The van der Waals surface area contributed by atoms with Crippen LogP contribution in [0.1, 0.15) is 19.8 Å². The number of hydrogen-bond donors (Lipinski definition) is 2. The normalized spacial score (nSPS) is 12.2. The highest BCUT2D eigenvalue weighted by Gasteiger charge is 2.10. The van der Waals surface area contributed by atoms with Gasteiger partial charge in [0, 0.05) is 12.6 Å². The second-order valence-electron chi connectivity index (χ2n) is 3.42. The molecule has 0 fully saturated rings. The van der Waals surface area contributed by atoms with Gasteiger partial charge in [-0.05, 0) is 6.42 Å². The maximum Gasteiger partial charge on any atom is 0.318 e. The van der Waals surface area contributed by atoms with Crippen LogP contribution in [0.25, 0.3) is 0 Å². The number of rotatable bonds is 6. The highest BCUT2D eigenvalue weighted by Crippen LogP contribution is 2.21. The topological polar surface area (TPSA) is 73.1 Å². The highest BCUT2D eigenvalue weighted by atomic mass is 35.5. The minimum absolute atomic E-state index is 0.169. The van der Waals surface area contributed by atoms with Crippen LogP contribution in [0.5, 0.6) is 6.01 Å². The maximum atomic E-state index is 5.97. The number of ether oxygens (including phenoxy) is 1. The summed E-state index contributed by atoms with van der Waals surface area (Å²) in [4.78, 5) is 8.03. The first-order chi connectivity index (χ1) is 7.71. The summed E-state index contributed by atoms with van der Waals surface area (Å²) < 4.78 is 4.93. The van der Waals surface area contributed by atoms with Crippen LogP contribution < -0.4 is 15.8 Å². The van der Waals surface area contributed by atoms with Crippen molar-refractivity contribution in [2.45, 2.75) is 25.8 Å². The van der Waals surface area contributed by atoms with Crippen molar-refractivity contribution >= 4 is 17.4 Å². The molecular formula is C10H17ClN4O. The van der Waals surface area contributed by atoms with Gasteiger partial charge in [0.2, 0.25) is 0 Å². The number of nitrogens with zero attached hydrogens (tertiary/aromatic N) is 2. The van der Waals surface area contributed by atoms with Crippen molar-refractivity contribution < 1.29 is 4.74 Å². The molecule has 1 heterocycles. The van der Waals surface area contributed by atoms with E-state index in [4.69, 9.17) is 22.1 Å². The minimum Gasteiger partial charge on any atom is -0.467 e. The fourth-order valence-corrected chi connectivity index (χ4v) is 1.49. The standard InChI is InChI=1S/C10H17ClN4O/c1-3-4-7(5-12)14-9-8(11)6-13-10(15-9)16-2/h6-7H,3-5,12H2,1-2H3,(H,13,14,15). The number of nitrogens with one attached hydrogen (secondary N) is 1. The summed E-state index contributed by atoms with van der Waals surface area (Å²) in [5, 5.41) is 3.65. The molecule has 0 amide bonds. The largest absolute Gasteiger partial charge is 0.467 e. The van der Waals surface area contributed by atoms with E-state index in [1.165, 1.54) is 13.3 Å². The molecule has 0 saturated carbocycles. The van der Waals surface area contributed by atoms with E-state index in [1.54, 1.807) is 0 Å². The molecule has 0 bridgehead atoms. The van der Waals surface area contributed by atoms with E-state index in [0.717, 1.165) is 12.8 Å². The molecule has 0 saturated heterocycles.